The molecule has 5 rings (SSSR count). The van der Waals surface area contributed by atoms with E-state index in [0.29, 0.717) is 53.9 Å². The Balaban J connectivity index is 1.58. The number of ether oxygens (including phenoxy) is 3. The molecule has 208 valence electrons. The van der Waals surface area contributed by atoms with Crippen molar-refractivity contribution in [2.45, 2.75) is 26.5 Å². The van der Waals surface area contributed by atoms with Crippen LogP contribution in [-0.4, -0.2) is 30.0 Å². The van der Waals surface area contributed by atoms with Crippen molar-refractivity contribution in [3.05, 3.63) is 125 Å². The van der Waals surface area contributed by atoms with Gasteiger partial charge in [0.1, 0.15) is 29.6 Å². The Labute approximate surface area is 239 Å². The van der Waals surface area contributed by atoms with Gasteiger partial charge in [-0.2, -0.15) is 0 Å². The zero-order valence-electron chi connectivity index (χ0n) is 22.9. The number of nitrogens with zero attached hydrogens (tertiary/aromatic N) is 1. The summed E-state index contributed by atoms with van der Waals surface area (Å²) in [5.41, 5.74) is 2.50. The van der Waals surface area contributed by atoms with E-state index >= 15 is 0 Å². The van der Waals surface area contributed by atoms with Gasteiger partial charge in [-0.15, -0.1) is 0 Å². The Kier molecular flexibility index (Phi) is 8.34. The van der Waals surface area contributed by atoms with Gasteiger partial charge >= 0.3 is 0 Å². The third-order valence-corrected chi connectivity index (χ3v) is 6.74. The average molecular weight is 550 g/mol. The highest BCUT2D eigenvalue weighted by atomic mass is 16.5. The summed E-state index contributed by atoms with van der Waals surface area (Å²) >= 11 is 0. The van der Waals surface area contributed by atoms with E-state index in [0.717, 1.165) is 5.56 Å². The molecular weight excluding hydrogens is 518 g/mol. The van der Waals surface area contributed by atoms with E-state index in [4.69, 9.17) is 14.2 Å². The maximum atomic E-state index is 13.6. The number of anilines is 1. The highest BCUT2D eigenvalue weighted by Crippen LogP contribution is 2.44. The minimum absolute atomic E-state index is 0.0260. The van der Waals surface area contributed by atoms with Crippen molar-refractivity contribution in [2.75, 3.05) is 18.1 Å². The van der Waals surface area contributed by atoms with E-state index < -0.39 is 17.7 Å². The van der Waals surface area contributed by atoms with Crippen LogP contribution >= 0.6 is 0 Å². The fraction of sp³-hybridized carbons (Fsp3) is 0.176. The first-order valence-electron chi connectivity index (χ1n) is 13.5. The van der Waals surface area contributed by atoms with Crippen molar-refractivity contribution in [2.24, 2.45) is 0 Å². The molecule has 1 atom stereocenters. The summed E-state index contributed by atoms with van der Waals surface area (Å²) in [5, 5.41) is 11.6. The molecular formula is C34H31NO6. The number of aliphatic hydroxyl groups excluding tert-OH is 1. The third-order valence-electron chi connectivity index (χ3n) is 6.74. The number of ketones is 1. The number of aliphatic hydroxyl groups is 1. The number of Topliss-reactive ketones (excluding diaryl/α,β-unsaturated/α-hetero) is 1. The van der Waals surface area contributed by atoms with E-state index in [1.54, 1.807) is 54.6 Å². The molecule has 1 fully saturated rings. The highest BCUT2D eigenvalue weighted by Gasteiger charge is 2.47. The lowest BCUT2D eigenvalue weighted by Crippen LogP contribution is -2.29. The lowest BCUT2D eigenvalue weighted by molar-refractivity contribution is -0.132. The van der Waals surface area contributed by atoms with E-state index in [2.05, 4.69) is 0 Å². The van der Waals surface area contributed by atoms with Gasteiger partial charge in [0.25, 0.3) is 11.7 Å². The lowest BCUT2D eigenvalue weighted by Gasteiger charge is -2.25. The van der Waals surface area contributed by atoms with Gasteiger partial charge in [-0.1, -0.05) is 60.7 Å². The number of carbonyl (C=O) groups excluding carboxylic acids is 2. The fourth-order valence-corrected chi connectivity index (χ4v) is 4.86. The van der Waals surface area contributed by atoms with Crippen molar-refractivity contribution in [3.8, 4) is 17.2 Å². The molecule has 1 aliphatic rings. The predicted molar refractivity (Wildman–Crippen MR) is 157 cm³/mol. The molecule has 0 bridgehead atoms. The average Bonchev–Trinajstić information content (AvgIpc) is 3.27. The van der Waals surface area contributed by atoms with Gasteiger partial charge in [-0.25, -0.2) is 0 Å². The Morgan fingerprint density at radius 2 is 1.39 bits per heavy atom. The van der Waals surface area contributed by atoms with Crippen molar-refractivity contribution >= 4 is 23.1 Å². The number of amides is 1. The minimum atomic E-state index is -0.874. The molecule has 7 heteroatoms. The van der Waals surface area contributed by atoms with Crippen LogP contribution in [0.3, 0.4) is 0 Å². The fourth-order valence-electron chi connectivity index (χ4n) is 4.86. The minimum Gasteiger partial charge on any atom is -0.507 e. The molecule has 4 aromatic carbocycles. The van der Waals surface area contributed by atoms with Crippen molar-refractivity contribution < 1.29 is 28.9 Å². The molecule has 1 saturated heterocycles. The van der Waals surface area contributed by atoms with Gasteiger partial charge in [0, 0.05) is 11.8 Å². The Morgan fingerprint density at radius 3 is 2.05 bits per heavy atom. The molecule has 0 saturated carbocycles. The van der Waals surface area contributed by atoms with E-state index in [1.165, 1.54) is 4.90 Å². The Bertz CT molecular complexity index is 1550. The summed E-state index contributed by atoms with van der Waals surface area (Å²) < 4.78 is 17.3. The molecule has 1 amide bonds. The number of para-hydroxylation sites is 1. The van der Waals surface area contributed by atoms with Gasteiger partial charge in [0.2, 0.25) is 0 Å². The first kappa shape index (κ1) is 27.5. The zero-order chi connectivity index (χ0) is 28.8. The second-order valence-corrected chi connectivity index (χ2v) is 9.37. The molecule has 1 N–H and O–H groups in total. The second kappa shape index (κ2) is 12.4. The summed E-state index contributed by atoms with van der Waals surface area (Å²) in [5.74, 6) is -0.264. The first-order valence-corrected chi connectivity index (χ1v) is 13.5. The molecule has 4 aromatic rings. The van der Waals surface area contributed by atoms with Crippen LogP contribution in [0.5, 0.6) is 17.2 Å². The normalized spacial score (nSPS) is 16.0. The van der Waals surface area contributed by atoms with Gasteiger partial charge < -0.3 is 19.3 Å². The monoisotopic (exact) mass is 549 g/mol. The maximum Gasteiger partial charge on any atom is 0.300 e. The van der Waals surface area contributed by atoms with Crippen LogP contribution in [0.4, 0.5) is 5.69 Å². The van der Waals surface area contributed by atoms with Crippen LogP contribution in [0.15, 0.2) is 109 Å². The number of rotatable bonds is 10. The molecule has 1 unspecified atom stereocenters. The summed E-state index contributed by atoms with van der Waals surface area (Å²) in [6.07, 6.45) is 0. The zero-order valence-corrected chi connectivity index (χ0v) is 22.9. The smallest absolute Gasteiger partial charge is 0.300 e. The Morgan fingerprint density at radius 1 is 0.756 bits per heavy atom. The Hall–Kier alpha value is -5.04. The van der Waals surface area contributed by atoms with Crippen LogP contribution in [0.2, 0.25) is 0 Å². The third kappa shape index (κ3) is 5.79. The van der Waals surface area contributed by atoms with Crippen LogP contribution in [0.1, 0.15) is 36.6 Å². The summed E-state index contributed by atoms with van der Waals surface area (Å²) in [4.78, 5) is 28.4. The van der Waals surface area contributed by atoms with Crippen molar-refractivity contribution in [1.82, 2.24) is 0 Å². The molecule has 41 heavy (non-hydrogen) atoms. The predicted octanol–water partition coefficient (Wildman–Crippen LogP) is 6.69. The summed E-state index contributed by atoms with van der Waals surface area (Å²) in [6, 6.07) is 30.1. The molecule has 0 spiro atoms. The lowest BCUT2D eigenvalue weighted by atomic mass is 9.94. The van der Waals surface area contributed by atoms with Gasteiger partial charge in [-0.05, 0) is 61.4 Å². The second-order valence-electron chi connectivity index (χ2n) is 9.37. The topological polar surface area (TPSA) is 85.3 Å². The summed E-state index contributed by atoms with van der Waals surface area (Å²) in [7, 11) is 0. The van der Waals surface area contributed by atoms with Gasteiger partial charge in [0.15, 0.2) is 0 Å². The first-order chi connectivity index (χ1) is 20.0. The number of hydrogen-bond donors (Lipinski definition) is 1. The standard InChI is InChI=1S/C34H31NO6/c1-3-39-27-19-20-28(29(21-27)40-4-2)32(36)30-31(35(34(38)33(30)37)25-13-9-6-10-14-25)24-15-17-26(18-16-24)41-22-23-11-7-5-8-12-23/h5-21,31,36H,3-4,22H2,1-2H3/b32-30-. The molecule has 0 aliphatic carbocycles. The van der Waals surface area contributed by atoms with Crippen molar-refractivity contribution in [3.63, 3.8) is 0 Å². The number of benzene rings is 4. The summed E-state index contributed by atoms with van der Waals surface area (Å²) in [6.45, 7) is 4.90. The van der Waals surface area contributed by atoms with E-state index in [-0.39, 0.29) is 11.3 Å². The molecule has 1 aliphatic heterocycles. The van der Waals surface area contributed by atoms with E-state index in [9.17, 15) is 14.7 Å². The largest absolute Gasteiger partial charge is 0.507 e. The van der Waals surface area contributed by atoms with Gasteiger partial charge in [0.05, 0.1) is 30.4 Å². The van der Waals surface area contributed by atoms with Gasteiger partial charge in [-0.3, -0.25) is 14.5 Å². The van der Waals surface area contributed by atoms with Crippen LogP contribution in [0, 0.1) is 0 Å². The van der Waals surface area contributed by atoms with Crippen LogP contribution < -0.4 is 19.1 Å². The SMILES string of the molecule is CCOc1ccc(/C(O)=C2/C(=O)C(=O)N(c3ccccc3)C2c2ccc(OCc3ccccc3)cc2)c(OCC)c1. The van der Waals surface area contributed by atoms with Crippen molar-refractivity contribution in [1.29, 1.82) is 0 Å². The molecule has 7 nitrogen and oxygen atoms in total. The van der Waals surface area contributed by atoms with Crippen LogP contribution in [-0.2, 0) is 16.2 Å². The van der Waals surface area contributed by atoms with Crippen LogP contribution in [0.25, 0.3) is 5.76 Å². The number of carbonyl (C=O) groups is 2. The van der Waals surface area contributed by atoms with E-state index in [1.807, 2.05) is 62.4 Å². The number of hydrogen-bond acceptors (Lipinski definition) is 6. The molecule has 0 radical (unpaired) electrons. The highest BCUT2D eigenvalue weighted by molar-refractivity contribution is 6.51. The molecule has 1 heterocycles. The quantitative estimate of drug-likeness (QED) is 0.135. The maximum absolute atomic E-state index is 13.6. The molecule has 0 aromatic heterocycles.